The molecule has 0 spiro atoms. The van der Waals surface area contributed by atoms with Crippen LogP contribution in [0.25, 0.3) is 0 Å². The van der Waals surface area contributed by atoms with Crippen LogP contribution in [0.15, 0.2) is 30.3 Å². The number of aryl methyl sites for hydroxylation is 1. The van der Waals surface area contributed by atoms with Crippen LogP contribution in [-0.4, -0.2) is 11.4 Å². The van der Waals surface area contributed by atoms with Gasteiger partial charge in [-0.05, 0) is 42.7 Å². The lowest BCUT2D eigenvalue weighted by atomic mass is 9.98. The first kappa shape index (κ1) is 11.8. The Kier molecular flexibility index (Phi) is 3.10. The molecule has 0 saturated heterocycles. The fourth-order valence-electron chi connectivity index (χ4n) is 2.62. The van der Waals surface area contributed by atoms with Gasteiger partial charge in [-0.25, -0.2) is 0 Å². The van der Waals surface area contributed by atoms with E-state index < -0.39 is 0 Å². The summed E-state index contributed by atoms with van der Waals surface area (Å²) in [4.78, 5) is 5.36. The number of rotatable bonds is 2. The molecule has 18 heavy (non-hydrogen) atoms. The lowest BCUT2D eigenvalue weighted by Gasteiger charge is -2.29. The predicted octanol–water partition coefficient (Wildman–Crippen LogP) is 3.20. The van der Waals surface area contributed by atoms with E-state index in [1.807, 2.05) is 17.4 Å². The number of nitrogens with zero attached hydrogens (tertiary/aromatic N) is 1. The smallest absolute Gasteiger partial charge is 0.0350 e. The number of anilines is 1. The third-order valence-electron chi connectivity index (χ3n) is 3.56. The standard InChI is InChI=1S/C15H18N2S/c1-11-5-6-13(18-11)10-17-8-7-14-12(9-17)3-2-4-15(14)16/h2-6H,7-10,16H2,1H3. The van der Waals surface area contributed by atoms with Crippen LogP contribution in [0.2, 0.25) is 0 Å². The van der Waals surface area contributed by atoms with Gasteiger partial charge in [0.05, 0.1) is 0 Å². The van der Waals surface area contributed by atoms with Gasteiger partial charge in [-0.15, -0.1) is 11.3 Å². The zero-order valence-corrected chi connectivity index (χ0v) is 11.5. The Morgan fingerprint density at radius 3 is 2.94 bits per heavy atom. The SMILES string of the molecule is Cc1ccc(CN2CCc3c(N)cccc3C2)s1. The predicted molar refractivity (Wildman–Crippen MR) is 77.7 cm³/mol. The van der Waals surface area contributed by atoms with Crippen molar-refractivity contribution in [2.24, 2.45) is 0 Å². The molecule has 1 aliphatic rings. The molecular weight excluding hydrogens is 240 g/mol. The molecule has 0 amide bonds. The van der Waals surface area contributed by atoms with Gasteiger partial charge in [0.2, 0.25) is 0 Å². The summed E-state index contributed by atoms with van der Waals surface area (Å²) in [6.45, 7) is 5.36. The Morgan fingerprint density at radius 2 is 2.17 bits per heavy atom. The third-order valence-corrected chi connectivity index (χ3v) is 4.54. The van der Waals surface area contributed by atoms with E-state index >= 15 is 0 Å². The molecular formula is C15H18N2S. The summed E-state index contributed by atoms with van der Waals surface area (Å²) >= 11 is 1.90. The van der Waals surface area contributed by atoms with Crippen molar-refractivity contribution in [3.63, 3.8) is 0 Å². The van der Waals surface area contributed by atoms with Crippen molar-refractivity contribution >= 4 is 17.0 Å². The molecule has 2 N–H and O–H groups in total. The van der Waals surface area contributed by atoms with Gasteiger partial charge in [0.25, 0.3) is 0 Å². The molecule has 0 aliphatic carbocycles. The highest BCUT2D eigenvalue weighted by Crippen LogP contribution is 2.26. The number of nitrogens with two attached hydrogens (primary N) is 1. The molecule has 2 heterocycles. The second kappa shape index (κ2) is 4.75. The van der Waals surface area contributed by atoms with Crippen molar-refractivity contribution in [2.45, 2.75) is 26.4 Å². The summed E-state index contributed by atoms with van der Waals surface area (Å²) in [6.07, 6.45) is 1.08. The van der Waals surface area contributed by atoms with Crippen LogP contribution in [0.4, 0.5) is 5.69 Å². The van der Waals surface area contributed by atoms with Gasteiger partial charge in [-0.3, -0.25) is 4.90 Å². The summed E-state index contributed by atoms with van der Waals surface area (Å²) in [7, 11) is 0. The van der Waals surface area contributed by atoms with Crippen LogP contribution < -0.4 is 5.73 Å². The molecule has 0 bridgehead atoms. The van der Waals surface area contributed by atoms with Crippen LogP contribution in [0.3, 0.4) is 0 Å². The van der Waals surface area contributed by atoms with E-state index in [4.69, 9.17) is 5.73 Å². The maximum absolute atomic E-state index is 6.03. The van der Waals surface area contributed by atoms with Gasteiger partial charge in [0, 0.05) is 35.1 Å². The monoisotopic (exact) mass is 258 g/mol. The molecule has 0 atom stereocenters. The largest absolute Gasteiger partial charge is 0.398 e. The molecule has 3 rings (SSSR count). The van der Waals surface area contributed by atoms with Crippen LogP contribution in [-0.2, 0) is 19.5 Å². The Hall–Kier alpha value is -1.32. The fourth-order valence-corrected chi connectivity index (χ4v) is 3.56. The summed E-state index contributed by atoms with van der Waals surface area (Å²) in [5.74, 6) is 0. The van der Waals surface area contributed by atoms with Gasteiger partial charge >= 0.3 is 0 Å². The molecule has 3 heteroatoms. The van der Waals surface area contributed by atoms with Crippen molar-refractivity contribution in [2.75, 3.05) is 12.3 Å². The Morgan fingerprint density at radius 1 is 1.28 bits per heavy atom. The van der Waals surface area contributed by atoms with E-state index in [1.54, 1.807) is 0 Å². The van der Waals surface area contributed by atoms with Crippen LogP contribution in [0, 0.1) is 6.92 Å². The summed E-state index contributed by atoms with van der Waals surface area (Å²) < 4.78 is 0. The van der Waals surface area contributed by atoms with Crippen LogP contribution in [0.5, 0.6) is 0 Å². The lowest BCUT2D eigenvalue weighted by Crippen LogP contribution is -2.30. The van der Waals surface area contributed by atoms with E-state index in [2.05, 4.69) is 36.1 Å². The summed E-state index contributed by atoms with van der Waals surface area (Å²) in [6, 6.07) is 10.7. The highest BCUT2D eigenvalue weighted by atomic mass is 32.1. The number of hydrogen-bond donors (Lipinski definition) is 1. The lowest BCUT2D eigenvalue weighted by molar-refractivity contribution is 0.248. The van der Waals surface area contributed by atoms with Crippen molar-refractivity contribution < 1.29 is 0 Å². The van der Waals surface area contributed by atoms with Crippen molar-refractivity contribution in [1.82, 2.24) is 4.90 Å². The second-order valence-electron chi connectivity index (χ2n) is 4.96. The molecule has 2 nitrogen and oxygen atoms in total. The summed E-state index contributed by atoms with van der Waals surface area (Å²) in [5, 5.41) is 0. The van der Waals surface area contributed by atoms with Gasteiger partial charge in [-0.2, -0.15) is 0 Å². The van der Waals surface area contributed by atoms with Gasteiger partial charge < -0.3 is 5.73 Å². The molecule has 0 radical (unpaired) electrons. The van der Waals surface area contributed by atoms with E-state index in [0.29, 0.717) is 0 Å². The molecule has 94 valence electrons. The van der Waals surface area contributed by atoms with E-state index in [1.165, 1.54) is 20.9 Å². The average Bonchev–Trinajstić information content (AvgIpc) is 2.75. The number of hydrogen-bond acceptors (Lipinski definition) is 3. The highest BCUT2D eigenvalue weighted by molar-refractivity contribution is 7.11. The first-order valence-corrected chi connectivity index (χ1v) is 7.18. The normalized spacial score (nSPS) is 15.6. The summed E-state index contributed by atoms with van der Waals surface area (Å²) in [5.41, 5.74) is 9.74. The highest BCUT2D eigenvalue weighted by Gasteiger charge is 2.18. The molecule has 1 aromatic carbocycles. The minimum absolute atomic E-state index is 0.958. The van der Waals surface area contributed by atoms with Crippen LogP contribution in [0.1, 0.15) is 20.9 Å². The van der Waals surface area contributed by atoms with Crippen molar-refractivity contribution in [3.8, 4) is 0 Å². The number of nitrogen functional groups attached to an aromatic ring is 1. The van der Waals surface area contributed by atoms with E-state index in [0.717, 1.165) is 31.7 Å². The number of thiophene rings is 1. The maximum Gasteiger partial charge on any atom is 0.0350 e. The van der Waals surface area contributed by atoms with Crippen LogP contribution >= 0.6 is 11.3 Å². The fraction of sp³-hybridized carbons (Fsp3) is 0.333. The minimum atomic E-state index is 0.958. The second-order valence-corrected chi connectivity index (χ2v) is 6.33. The maximum atomic E-state index is 6.03. The third kappa shape index (κ3) is 2.28. The quantitative estimate of drug-likeness (QED) is 0.838. The molecule has 1 aliphatic heterocycles. The topological polar surface area (TPSA) is 29.3 Å². The van der Waals surface area contributed by atoms with E-state index in [9.17, 15) is 0 Å². The Balaban J connectivity index is 1.75. The van der Waals surface area contributed by atoms with Crippen molar-refractivity contribution in [1.29, 1.82) is 0 Å². The zero-order chi connectivity index (χ0) is 12.5. The minimum Gasteiger partial charge on any atom is -0.398 e. The Bertz CT molecular complexity index is 559. The molecule has 0 unspecified atom stereocenters. The first-order chi connectivity index (χ1) is 8.72. The van der Waals surface area contributed by atoms with E-state index in [-0.39, 0.29) is 0 Å². The first-order valence-electron chi connectivity index (χ1n) is 6.36. The molecule has 2 aromatic rings. The van der Waals surface area contributed by atoms with Gasteiger partial charge in [0.15, 0.2) is 0 Å². The zero-order valence-electron chi connectivity index (χ0n) is 10.6. The number of fused-ring (bicyclic) bond motifs is 1. The van der Waals surface area contributed by atoms with Gasteiger partial charge in [-0.1, -0.05) is 12.1 Å². The van der Waals surface area contributed by atoms with Crippen molar-refractivity contribution in [3.05, 3.63) is 51.2 Å². The average molecular weight is 258 g/mol. The molecule has 0 fully saturated rings. The molecule has 0 saturated carbocycles. The Labute approximate surface area is 112 Å². The number of benzene rings is 1. The van der Waals surface area contributed by atoms with Gasteiger partial charge in [0.1, 0.15) is 0 Å². The molecule has 1 aromatic heterocycles.